The lowest BCUT2D eigenvalue weighted by atomic mass is 9.85. The quantitative estimate of drug-likeness (QED) is 0.0523. The molecule has 0 aromatic carbocycles. The number of nitrogen functional groups attached to an aromatic ring is 1. The van der Waals surface area contributed by atoms with Crippen LogP contribution in [0.15, 0.2) is 252 Å². The summed E-state index contributed by atoms with van der Waals surface area (Å²) in [5, 5.41) is 22.5. The lowest BCUT2D eigenvalue weighted by Gasteiger charge is -2.24. The zero-order chi connectivity index (χ0) is 102. The van der Waals surface area contributed by atoms with Crippen molar-refractivity contribution in [3.8, 4) is 0 Å². The topological polar surface area (TPSA) is 379 Å². The van der Waals surface area contributed by atoms with Gasteiger partial charge in [-0.05, 0) is 182 Å². The van der Waals surface area contributed by atoms with Gasteiger partial charge in [-0.1, -0.05) is 151 Å². The SMILES string of the molecule is CC(=O)Nc1cccn2c(C(C)C)cnc12.CC(C)c1cnc2c(N)cccn12.CC(C)c1cnc2c(NC(=O)C3CC3)cccn12.CC(C)c1cnc2c(NC(=O)C3CCC3)cccn12.CC(C)c1cnc2ccccn12.CC(C)c1cnc2cccnn12.CC(C)c1cnc2cnccn12.CC(C)c1cnc2ncccn12.CC(C)c1cnn2cccnc12.CNC(=O)Nc1cccn2c(C(C)C)cnc12. The van der Waals surface area contributed by atoms with Gasteiger partial charge < -0.3 is 63.1 Å². The Balaban J connectivity index is 0.000000134. The van der Waals surface area contributed by atoms with Crippen molar-refractivity contribution >= 4 is 109 Å². The van der Waals surface area contributed by atoms with Crippen molar-refractivity contribution in [1.29, 1.82) is 0 Å². The molecule has 0 unspecified atom stereocenters. The van der Waals surface area contributed by atoms with Gasteiger partial charge in [-0.25, -0.2) is 68.6 Å². The fourth-order valence-corrected chi connectivity index (χ4v) is 16.0. The van der Waals surface area contributed by atoms with E-state index in [-0.39, 0.29) is 35.6 Å². The molecule has 0 saturated heterocycles. The summed E-state index contributed by atoms with van der Waals surface area (Å²) in [7, 11) is 1.58. The molecule has 0 atom stereocenters. The number of aromatic nitrogens is 24. The number of hydrogen-bond donors (Lipinski definition) is 6. The molecule has 7 N–H and O–H groups in total. The Morgan fingerprint density at radius 3 is 1.16 bits per heavy atom. The third-order valence-corrected chi connectivity index (χ3v) is 24.2. The zero-order valence-corrected chi connectivity index (χ0v) is 86.1. The van der Waals surface area contributed by atoms with Gasteiger partial charge in [0.15, 0.2) is 45.2 Å². The Morgan fingerprint density at radius 1 is 0.308 bits per heavy atom. The standard InChI is InChI=1S/C15H19N3O.C14H17N3O.C12H16N4O.C12H15N3O.C10H13N3.C10H12N2.4C9H11N3/c1-10(2)13-9-16-14-12(7-4-8-18(13)14)17-15(19)11-5-3-6-11;1-9(2)12-8-15-13-11(4-3-7-17(12)13)16-14(18)10-5-6-10;1-8(2)10-7-14-11-9(15-12(17)13-3)5-4-6-16(10)11;1-8(2)11-7-13-12-10(14-9(3)16)5-4-6-15(11)12;1-7(2)9-6-12-10-8(11)4-3-5-13(9)10;1-8(2)9-7-11-10-5-3-4-6-12(9)10;1-7(2)8-5-11-9-6-10-3-4-12(8)9;1-7(2)8-6-11-9-10-4-3-5-12(8)9;1-7(2)8-6-11-12-5-3-4-10-9(8)12;1-7(2)8-6-10-9-4-3-5-11-12(8)9/h4,7-11H,3,5-6H2,1-2H3,(H,17,19);3-4,7-10H,5-6H2,1-2H3,(H,16,18);4-8H,1-3H3,(H2,13,15,17);4-8H,1-3H3,(H,14,16);3-7H,11H2,1-2H3;3-8H,1-2H3;4*3-7H,1-2H3. The van der Waals surface area contributed by atoms with Crippen LogP contribution in [0, 0.1) is 11.8 Å². The average Bonchev–Trinajstić information content (AvgIpc) is 1.65. The van der Waals surface area contributed by atoms with Gasteiger partial charge in [-0.3, -0.25) is 23.8 Å². The molecule has 0 bridgehead atoms. The molecule has 0 aliphatic heterocycles. The van der Waals surface area contributed by atoms with Crippen LogP contribution in [0.2, 0.25) is 0 Å². The molecule has 2 saturated carbocycles. The highest BCUT2D eigenvalue weighted by Gasteiger charge is 2.31. The molecule has 2 aliphatic rings. The summed E-state index contributed by atoms with van der Waals surface area (Å²) in [6, 6.07) is 32.5. The van der Waals surface area contributed by atoms with Crippen LogP contribution < -0.4 is 32.3 Å². The van der Waals surface area contributed by atoms with Crippen LogP contribution in [0.4, 0.5) is 33.2 Å². The molecule has 0 radical (unpaired) electrons. The Hall–Kier alpha value is -15.9. The van der Waals surface area contributed by atoms with Crippen LogP contribution in [-0.2, 0) is 14.4 Å². The van der Waals surface area contributed by atoms with Crippen LogP contribution in [0.1, 0.15) is 293 Å². The van der Waals surface area contributed by atoms with Crippen LogP contribution in [0.3, 0.4) is 0 Å². The summed E-state index contributed by atoms with van der Waals surface area (Å²) in [6.07, 6.45) is 50.7. The molecule has 0 spiro atoms. The lowest BCUT2D eigenvalue weighted by Crippen LogP contribution is -2.28. The molecule has 20 aromatic rings. The summed E-state index contributed by atoms with van der Waals surface area (Å²) in [5.74, 6) is 5.92. The maximum absolute atomic E-state index is 12.0. The van der Waals surface area contributed by atoms with Gasteiger partial charge in [-0.2, -0.15) is 10.2 Å². The fourth-order valence-electron chi connectivity index (χ4n) is 16.0. The second-order valence-corrected chi connectivity index (χ2v) is 38.4. The predicted octanol–water partition coefficient (Wildman–Crippen LogP) is 22.5. The average molecular weight is 1930 g/mol. The minimum atomic E-state index is -0.243. The second kappa shape index (κ2) is 48.3. The van der Waals surface area contributed by atoms with E-state index in [0.717, 1.165) is 134 Å². The van der Waals surface area contributed by atoms with Crippen molar-refractivity contribution in [2.75, 3.05) is 34.0 Å². The Bertz CT molecular complexity index is 7150. The van der Waals surface area contributed by atoms with Gasteiger partial charge in [0.25, 0.3) is 0 Å². The number of anilines is 5. The maximum Gasteiger partial charge on any atom is 0.319 e. The maximum atomic E-state index is 12.0. The third-order valence-electron chi connectivity index (χ3n) is 24.2. The summed E-state index contributed by atoms with van der Waals surface area (Å²) < 4.78 is 20.0. The van der Waals surface area contributed by atoms with E-state index >= 15 is 0 Å². The fraction of sp³-hybridized carbons (Fsp3) is 0.358. The monoisotopic (exact) mass is 1930 g/mol. The number of pyridine rings is 6. The third kappa shape index (κ3) is 25.8. The first-order chi connectivity index (χ1) is 68.7. The van der Waals surface area contributed by atoms with E-state index in [1.807, 2.05) is 241 Å². The van der Waals surface area contributed by atoms with Gasteiger partial charge in [0.2, 0.25) is 23.5 Å². The van der Waals surface area contributed by atoms with Crippen LogP contribution in [0.5, 0.6) is 0 Å². The normalized spacial score (nSPS) is 12.3. The number of amides is 5. The zero-order valence-electron chi connectivity index (χ0n) is 86.1. The first kappa shape index (κ1) is 104. The van der Waals surface area contributed by atoms with Gasteiger partial charge in [0, 0.05) is 201 Å². The van der Waals surface area contributed by atoms with E-state index in [4.69, 9.17) is 5.73 Å². The van der Waals surface area contributed by atoms with Crippen LogP contribution >= 0.6 is 0 Å². The Labute approximate surface area is 834 Å². The molecular weight excluding hydrogens is 1790 g/mol. The predicted molar refractivity (Wildman–Crippen MR) is 568 cm³/mol. The van der Waals surface area contributed by atoms with Crippen molar-refractivity contribution in [2.45, 2.75) is 237 Å². The van der Waals surface area contributed by atoms with Gasteiger partial charge in [-0.15, -0.1) is 0 Å². The van der Waals surface area contributed by atoms with Crippen molar-refractivity contribution in [3.63, 3.8) is 0 Å². The van der Waals surface area contributed by atoms with E-state index in [1.165, 1.54) is 41.7 Å². The van der Waals surface area contributed by atoms with E-state index < -0.39 is 0 Å². The van der Waals surface area contributed by atoms with Gasteiger partial charge >= 0.3 is 6.03 Å². The molecule has 22 rings (SSSR count). The van der Waals surface area contributed by atoms with Crippen molar-refractivity contribution in [2.24, 2.45) is 11.8 Å². The van der Waals surface area contributed by atoms with E-state index in [2.05, 4.69) is 254 Å². The highest BCUT2D eigenvalue weighted by Crippen LogP contribution is 2.34. The number of hydrogen-bond acceptors (Lipinski definition) is 19. The smallest absolute Gasteiger partial charge is 0.319 e. The number of nitrogens with two attached hydrogens (primary N) is 1. The first-order valence-electron chi connectivity index (χ1n) is 49.2. The molecule has 143 heavy (non-hydrogen) atoms. The molecule has 5 amide bonds. The van der Waals surface area contributed by atoms with Crippen molar-refractivity contribution in [1.82, 2.24) is 120 Å². The molecule has 20 aromatic heterocycles. The molecule has 746 valence electrons. The van der Waals surface area contributed by atoms with E-state index in [9.17, 15) is 19.2 Å². The summed E-state index contributed by atoms with van der Waals surface area (Å²) in [4.78, 5) is 97.4. The molecule has 34 nitrogen and oxygen atoms in total. The number of nitrogens with zero attached hydrogens (tertiary/aromatic N) is 24. The van der Waals surface area contributed by atoms with Crippen LogP contribution in [0.25, 0.3) is 56.6 Å². The van der Waals surface area contributed by atoms with Crippen molar-refractivity contribution < 1.29 is 19.2 Å². The first-order valence-corrected chi connectivity index (χ1v) is 49.2. The lowest BCUT2D eigenvalue weighted by molar-refractivity contribution is -0.122. The van der Waals surface area contributed by atoms with Gasteiger partial charge in [0.1, 0.15) is 5.65 Å². The highest BCUT2D eigenvalue weighted by atomic mass is 16.2. The molecule has 34 heteroatoms. The number of imidazole rings is 9. The Kier molecular flexibility index (Phi) is 35.3. The highest BCUT2D eigenvalue weighted by molar-refractivity contribution is 5.98. The number of carbonyl (C=O) groups excluding carboxylic acids is 4. The largest absolute Gasteiger partial charge is 0.396 e. The summed E-state index contributed by atoms with van der Waals surface area (Å²) >= 11 is 0. The molecule has 2 aliphatic carbocycles. The molecule has 20 heterocycles. The number of urea groups is 1. The minimum absolute atomic E-state index is 0.0813. The summed E-state index contributed by atoms with van der Waals surface area (Å²) in [5.41, 5.74) is 29.3. The molecule has 2 fully saturated rings. The van der Waals surface area contributed by atoms with E-state index in [1.54, 1.807) is 42.5 Å². The number of carbonyl (C=O) groups is 4. The minimum Gasteiger partial charge on any atom is -0.396 e. The van der Waals surface area contributed by atoms with Crippen LogP contribution in [-0.4, -0.2) is 145 Å². The van der Waals surface area contributed by atoms with Gasteiger partial charge in [0.05, 0.1) is 58.9 Å². The number of nitrogens with one attached hydrogen (secondary N) is 5. The number of fused-ring (bicyclic) bond motifs is 10. The Morgan fingerprint density at radius 2 is 0.692 bits per heavy atom. The number of rotatable bonds is 16. The second-order valence-electron chi connectivity index (χ2n) is 38.4. The van der Waals surface area contributed by atoms with E-state index in [0.29, 0.717) is 64.9 Å². The molecular formula is C109H136N30O4. The van der Waals surface area contributed by atoms with Crippen molar-refractivity contribution in [3.05, 3.63) is 309 Å². The summed E-state index contributed by atoms with van der Waals surface area (Å²) in [6.45, 7) is 44.3.